The Morgan fingerprint density at radius 1 is 1.29 bits per heavy atom. The summed E-state index contributed by atoms with van der Waals surface area (Å²) in [5.41, 5.74) is 9.08. The van der Waals surface area contributed by atoms with E-state index in [1.807, 2.05) is 17.8 Å². The molecule has 8 nitrogen and oxygen atoms in total. The quantitative estimate of drug-likeness (QED) is 0.605. The maximum absolute atomic E-state index is 11.2. The number of nitrogens with two attached hydrogens (primary N) is 1. The first-order valence-electron chi connectivity index (χ1n) is 10.5. The molecule has 0 saturated heterocycles. The molecule has 4 rings (SSSR count). The van der Waals surface area contributed by atoms with Crippen molar-refractivity contribution < 1.29 is 4.79 Å². The minimum Gasteiger partial charge on any atom is -0.366 e. The molecule has 1 aliphatic carbocycles. The SMILES string of the molecule is Cc1cnc(Nc2ccc(C(N)=O)cc2)nc1-c1cnn(CC(C#N)C2CCCC2)c1. The fraction of sp³-hybridized carbons (Fsp3) is 0.348. The number of nitriles is 1. The van der Waals surface area contributed by atoms with Crippen molar-refractivity contribution >= 4 is 17.5 Å². The van der Waals surface area contributed by atoms with Crippen LogP contribution in [0, 0.1) is 30.1 Å². The van der Waals surface area contributed by atoms with Crippen molar-refractivity contribution in [2.45, 2.75) is 39.2 Å². The standard InChI is InChI=1S/C23H25N7O/c1-15-11-26-23(28-20-8-6-17(7-9-20)22(25)31)29-21(15)19-12-27-30(14-19)13-18(10-24)16-4-2-3-5-16/h6-9,11-12,14,16,18H,2-5,13H2,1H3,(H2,25,31)(H,26,28,29). The van der Waals surface area contributed by atoms with E-state index in [4.69, 9.17) is 5.73 Å². The number of amides is 1. The molecule has 31 heavy (non-hydrogen) atoms. The van der Waals surface area contributed by atoms with Gasteiger partial charge in [0.2, 0.25) is 11.9 Å². The Bertz CT molecular complexity index is 1110. The first-order chi connectivity index (χ1) is 15.0. The lowest BCUT2D eigenvalue weighted by Gasteiger charge is -2.15. The third-order valence-corrected chi connectivity index (χ3v) is 5.82. The Hall–Kier alpha value is -3.73. The number of hydrogen-bond acceptors (Lipinski definition) is 6. The highest BCUT2D eigenvalue weighted by molar-refractivity contribution is 5.93. The summed E-state index contributed by atoms with van der Waals surface area (Å²) in [6, 6.07) is 9.29. The molecule has 1 saturated carbocycles. The summed E-state index contributed by atoms with van der Waals surface area (Å²) in [6.07, 6.45) is 10.2. The molecule has 1 amide bonds. The predicted molar refractivity (Wildman–Crippen MR) is 117 cm³/mol. The molecule has 1 fully saturated rings. The van der Waals surface area contributed by atoms with Crippen LogP contribution >= 0.6 is 0 Å². The van der Waals surface area contributed by atoms with E-state index in [9.17, 15) is 10.1 Å². The highest BCUT2D eigenvalue weighted by Gasteiger charge is 2.25. The zero-order valence-electron chi connectivity index (χ0n) is 17.5. The Kier molecular flexibility index (Phi) is 5.94. The van der Waals surface area contributed by atoms with Gasteiger partial charge < -0.3 is 11.1 Å². The van der Waals surface area contributed by atoms with Gasteiger partial charge in [-0.2, -0.15) is 10.4 Å². The number of nitrogens with one attached hydrogen (secondary N) is 1. The Morgan fingerprint density at radius 3 is 2.71 bits per heavy atom. The fourth-order valence-electron chi connectivity index (χ4n) is 4.08. The van der Waals surface area contributed by atoms with Crippen molar-refractivity contribution in [3.8, 4) is 17.3 Å². The van der Waals surface area contributed by atoms with Crippen molar-refractivity contribution in [1.82, 2.24) is 19.7 Å². The van der Waals surface area contributed by atoms with Crippen molar-refractivity contribution in [2.24, 2.45) is 17.6 Å². The second-order valence-electron chi connectivity index (χ2n) is 8.02. The van der Waals surface area contributed by atoms with Gasteiger partial charge in [0.1, 0.15) is 0 Å². The van der Waals surface area contributed by atoms with Crippen LogP contribution in [-0.4, -0.2) is 25.7 Å². The lowest BCUT2D eigenvalue weighted by atomic mass is 9.92. The zero-order chi connectivity index (χ0) is 21.8. The maximum Gasteiger partial charge on any atom is 0.248 e. The largest absolute Gasteiger partial charge is 0.366 e. The molecule has 8 heteroatoms. The second-order valence-corrected chi connectivity index (χ2v) is 8.02. The molecule has 0 radical (unpaired) electrons. The van der Waals surface area contributed by atoms with Crippen LogP contribution in [0.25, 0.3) is 11.3 Å². The molecular weight excluding hydrogens is 390 g/mol. The monoisotopic (exact) mass is 415 g/mol. The van der Waals surface area contributed by atoms with Crippen LogP contribution in [0.3, 0.4) is 0 Å². The second kappa shape index (κ2) is 8.96. The van der Waals surface area contributed by atoms with Gasteiger partial charge in [-0.05, 0) is 55.5 Å². The van der Waals surface area contributed by atoms with Gasteiger partial charge in [0.05, 0.1) is 30.4 Å². The van der Waals surface area contributed by atoms with Crippen LogP contribution in [0.15, 0.2) is 42.9 Å². The molecule has 1 aromatic carbocycles. The number of anilines is 2. The lowest BCUT2D eigenvalue weighted by Crippen LogP contribution is -2.17. The first kappa shape index (κ1) is 20.5. The van der Waals surface area contributed by atoms with E-state index in [0.717, 1.165) is 35.3 Å². The van der Waals surface area contributed by atoms with Gasteiger partial charge in [-0.25, -0.2) is 9.97 Å². The van der Waals surface area contributed by atoms with Crippen molar-refractivity contribution in [1.29, 1.82) is 5.26 Å². The Balaban J connectivity index is 1.51. The molecule has 158 valence electrons. The summed E-state index contributed by atoms with van der Waals surface area (Å²) >= 11 is 0. The van der Waals surface area contributed by atoms with E-state index in [1.165, 1.54) is 12.8 Å². The molecule has 3 aromatic rings. The minimum absolute atomic E-state index is 0.0117. The van der Waals surface area contributed by atoms with Gasteiger partial charge in [0.25, 0.3) is 0 Å². The van der Waals surface area contributed by atoms with Gasteiger partial charge in [0, 0.05) is 29.2 Å². The van der Waals surface area contributed by atoms with E-state index in [0.29, 0.717) is 24.0 Å². The molecule has 0 aliphatic heterocycles. The summed E-state index contributed by atoms with van der Waals surface area (Å²) in [4.78, 5) is 20.2. The lowest BCUT2D eigenvalue weighted by molar-refractivity contribution is 0.100. The van der Waals surface area contributed by atoms with Gasteiger partial charge in [-0.3, -0.25) is 9.48 Å². The van der Waals surface area contributed by atoms with Crippen LogP contribution in [0.5, 0.6) is 0 Å². The topological polar surface area (TPSA) is 123 Å². The first-order valence-corrected chi connectivity index (χ1v) is 10.5. The molecule has 3 N–H and O–H groups in total. The molecule has 1 unspecified atom stereocenters. The molecule has 1 atom stereocenters. The van der Waals surface area contributed by atoms with E-state index < -0.39 is 5.91 Å². The highest BCUT2D eigenvalue weighted by atomic mass is 16.1. The summed E-state index contributed by atoms with van der Waals surface area (Å²) < 4.78 is 1.85. The van der Waals surface area contributed by atoms with Gasteiger partial charge in [-0.15, -0.1) is 0 Å². The van der Waals surface area contributed by atoms with E-state index in [-0.39, 0.29) is 5.92 Å². The van der Waals surface area contributed by atoms with E-state index in [2.05, 4.69) is 26.5 Å². The van der Waals surface area contributed by atoms with Gasteiger partial charge in [-0.1, -0.05) is 12.8 Å². The van der Waals surface area contributed by atoms with E-state index in [1.54, 1.807) is 36.7 Å². The van der Waals surface area contributed by atoms with Crippen LogP contribution < -0.4 is 11.1 Å². The molecule has 2 heterocycles. The van der Waals surface area contributed by atoms with Gasteiger partial charge >= 0.3 is 0 Å². The van der Waals surface area contributed by atoms with Crippen LogP contribution in [0.4, 0.5) is 11.6 Å². The number of carbonyl (C=O) groups excluding carboxylic acids is 1. The molecular formula is C23H25N7O. The summed E-state index contributed by atoms with van der Waals surface area (Å²) in [5, 5.41) is 17.2. The number of carbonyl (C=O) groups is 1. The van der Waals surface area contributed by atoms with E-state index >= 15 is 0 Å². The Morgan fingerprint density at radius 2 is 2.03 bits per heavy atom. The third-order valence-electron chi connectivity index (χ3n) is 5.82. The molecule has 2 aromatic heterocycles. The number of nitrogens with zero attached hydrogens (tertiary/aromatic N) is 5. The molecule has 0 bridgehead atoms. The third kappa shape index (κ3) is 4.72. The van der Waals surface area contributed by atoms with Crippen LogP contribution in [-0.2, 0) is 6.54 Å². The smallest absolute Gasteiger partial charge is 0.248 e. The summed E-state index contributed by atoms with van der Waals surface area (Å²) in [7, 11) is 0. The number of hydrogen-bond donors (Lipinski definition) is 2. The zero-order valence-corrected chi connectivity index (χ0v) is 17.5. The summed E-state index contributed by atoms with van der Waals surface area (Å²) in [6.45, 7) is 2.55. The van der Waals surface area contributed by atoms with Gasteiger partial charge in [0.15, 0.2) is 0 Å². The maximum atomic E-state index is 11.2. The minimum atomic E-state index is -0.469. The Labute approximate surface area is 181 Å². The fourth-order valence-corrected chi connectivity index (χ4v) is 4.08. The highest BCUT2D eigenvalue weighted by Crippen LogP contribution is 2.32. The molecule has 1 aliphatic rings. The average molecular weight is 416 g/mol. The van der Waals surface area contributed by atoms with Crippen molar-refractivity contribution in [2.75, 3.05) is 5.32 Å². The van der Waals surface area contributed by atoms with Crippen LogP contribution in [0.1, 0.15) is 41.6 Å². The molecule has 0 spiro atoms. The van der Waals surface area contributed by atoms with Crippen molar-refractivity contribution in [3.63, 3.8) is 0 Å². The normalized spacial score (nSPS) is 14.8. The number of benzene rings is 1. The predicted octanol–water partition coefficient (Wildman–Crippen LogP) is 3.82. The number of primary amides is 1. The summed E-state index contributed by atoms with van der Waals surface area (Å²) in [5.74, 6) is 0.433. The number of rotatable bonds is 7. The number of aryl methyl sites for hydroxylation is 1. The average Bonchev–Trinajstić information content (AvgIpc) is 3.46. The van der Waals surface area contributed by atoms with Crippen LogP contribution in [0.2, 0.25) is 0 Å². The number of aromatic nitrogens is 4. The van der Waals surface area contributed by atoms with Crippen molar-refractivity contribution in [3.05, 3.63) is 54.0 Å².